The average Bonchev–Trinajstić information content (AvgIpc) is 2.07. The first-order valence-electron chi connectivity index (χ1n) is 4.61. The lowest BCUT2D eigenvalue weighted by atomic mass is 9.79. The quantitative estimate of drug-likeness (QED) is 0.708. The molecule has 2 N–H and O–H groups in total. The van der Waals surface area contributed by atoms with Gasteiger partial charge in [0.1, 0.15) is 0 Å². The van der Waals surface area contributed by atoms with E-state index in [1.165, 1.54) is 37.2 Å². The third kappa shape index (κ3) is 2.38. The topological polar surface area (TPSA) is 26.0 Å². The Hall–Kier alpha value is 0.310. The van der Waals surface area contributed by atoms with E-state index in [0.29, 0.717) is 5.41 Å². The van der Waals surface area contributed by atoms with Gasteiger partial charge in [-0.1, -0.05) is 6.92 Å². The van der Waals surface area contributed by atoms with Crippen LogP contribution in [0.15, 0.2) is 0 Å². The highest BCUT2D eigenvalue weighted by molar-refractivity contribution is 7.99. The summed E-state index contributed by atoms with van der Waals surface area (Å²) in [6.45, 7) is 3.18. The fourth-order valence-electron chi connectivity index (χ4n) is 1.87. The Kier molecular flexibility index (Phi) is 3.73. The average molecular weight is 173 g/mol. The maximum Gasteiger partial charge on any atom is -0.00104 e. The first kappa shape index (κ1) is 9.40. The van der Waals surface area contributed by atoms with Crippen LogP contribution in [-0.2, 0) is 0 Å². The first-order chi connectivity index (χ1) is 5.33. The van der Waals surface area contributed by atoms with Crippen LogP contribution in [0.4, 0.5) is 0 Å². The minimum atomic E-state index is 0.609. The molecule has 0 amide bonds. The van der Waals surface area contributed by atoms with Gasteiger partial charge in [0, 0.05) is 0 Å². The van der Waals surface area contributed by atoms with Gasteiger partial charge >= 0.3 is 0 Å². The summed E-state index contributed by atoms with van der Waals surface area (Å²) < 4.78 is 0. The molecule has 1 aliphatic heterocycles. The highest BCUT2D eigenvalue weighted by atomic mass is 32.2. The standard InChI is InChI=1S/C9H19NS/c1-2-9(5-6-10)4-3-7-11-8-9/h2-8,10H2,1H3. The van der Waals surface area contributed by atoms with E-state index in [9.17, 15) is 0 Å². The molecule has 0 aromatic rings. The molecule has 1 heterocycles. The smallest absolute Gasteiger partial charge is 0.00104 e. The van der Waals surface area contributed by atoms with Crippen molar-refractivity contribution in [2.24, 2.45) is 11.1 Å². The molecule has 0 aromatic carbocycles. The number of hydrogen-bond donors (Lipinski definition) is 1. The molecule has 1 fully saturated rings. The molecule has 0 aromatic heterocycles. The van der Waals surface area contributed by atoms with Gasteiger partial charge in [-0.05, 0) is 49.1 Å². The zero-order valence-electron chi connectivity index (χ0n) is 7.44. The summed E-state index contributed by atoms with van der Waals surface area (Å²) in [6, 6.07) is 0. The van der Waals surface area contributed by atoms with Crippen LogP contribution in [0.5, 0.6) is 0 Å². The number of rotatable bonds is 3. The minimum absolute atomic E-state index is 0.609. The predicted molar refractivity (Wildman–Crippen MR) is 53.0 cm³/mol. The van der Waals surface area contributed by atoms with Gasteiger partial charge in [0.2, 0.25) is 0 Å². The zero-order chi connectivity index (χ0) is 8.16. The summed E-state index contributed by atoms with van der Waals surface area (Å²) in [5, 5.41) is 0. The van der Waals surface area contributed by atoms with Crippen molar-refractivity contribution >= 4 is 11.8 Å². The Balaban J connectivity index is 2.42. The van der Waals surface area contributed by atoms with Crippen molar-refractivity contribution < 1.29 is 0 Å². The van der Waals surface area contributed by atoms with Crippen LogP contribution in [0.2, 0.25) is 0 Å². The zero-order valence-corrected chi connectivity index (χ0v) is 8.25. The van der Waals surface area contributed by atoms with E-state index >= 15 is 0 Å². The van der Waals surface area contributed by atoms with E-state index in [0.717, 1.165) is 6.54 Å². The summed E-state index contributed by atoms with van der Waals surface area (Å²) in [5.74, 6) is 2.72. The van der Waals surface area contributed by atoms with Crippen molar-refractivity contribution in [1.29, 1.82) is 0 Å². The lowest BCUT2D eigenvalue weighted by Gasteiger charge is -2.35. The van der Waals surface area contributed by atoms with E-state index in [1.807, 2.05) is 0 Å². The fraction of sp³-hybridized carbons (Fsp3) is 1.00. The fourth-order valence-corrected chi connectivity index (χ4v) is 3.29. The molecule has 0 radical (unpaired) electrons. The van der Waals surface area contributed by atoms with Crippen molar-refractivity contribution in [3.63, 3.8) is 0 Å². The summed E-state index contributed by atoms with van der Waals surface area (Å²) in [5.41, 5.74) is 6.22. The summed E-state index contributed by atoms with van der Waals surface area (Å²) in [7, 11) is 0. The Morgan fingerprint density at radius 3 is 2.82 bits per heavy atom. The van der Waals surface area contributed by atoms with Gasteiger partial charge < -0.3 is 5.73 Å². The van der Waals surface area contributed by atoms with Crippen LogP contribution in [-0.4, -0.2) is 18.1 Å². The third-order valence-electron chi connectivity index (χ3n) is 2.83. The van der Waals surface area contributed by atoms with Crippen molar-refractivity contribution in [2.45, 2.75) is 32.6 Å². The van der Waals surface area contributed by atoms with Crippen LogP contribution in [0, 0.1) is 5.41 Å². The normalized spacial score (nSPS) is 32.2. The Morgan fingerprint density at radius 1 is 1.55 bits per heavy atom. The van der Waals surface area contributed by atoms with E-state index in [2.05, 4.69) is 18.7 Å². The van der Waals surface area contributed by atoms with Crippen LogP contribution in [0.25, 0.3) is 0 Å². The Bertz CT molecular complexity index is 103. The maximum atomic E-state index is 5.61. The van der Waals surface area contributed by atoms with Gasteiger partial charge in [0.05, 0.1) is 0 Å². The largest absolute Gasteiger partial charge is 0.330 e. The SMILES string of the molecule is CCC1(CCN)CCCSC1. The molecule has 1 rings (SSSR count). The van der Waals surface area contributed by atoms with Crippen molar-refractivity contribution in [1.82, 2.24) is 0 Å². The number of nitrogens with two attached hydrogens (primary N) is 1. The molecule has 1 atom stereocenters. The van der Waals surface area contributed by atoms with E-state index in [4.69, 9.17) is 5.73 Å². The molecule has 0 aliphatic carbocycles. The van der Waals surface area contributed by atoms with E-state index < -0.39 is 0 Å². The van der Waals surface area contributed by atoms with Gasteiger partial charge in [0.15, 0.2) is 0 Å². The maximum absolute atomic E-state index is 5.61. The summed E-state index contributed by atoms with van der Waals surface area (Å²) in [4.78, 5) is 0. The molecule has 0 bridgehead atoms. The van der Waals surface area contributed by atoms with Gasteiger partial charge in [-0.25, -0.2) is 0 Å². The summed E-state index contributed by atoms with van der Waals surface area (Å²) >= 11 is 2.11. The molecular weight excluding hydrogens is 154 g/mol. The van der Waals surface area contributed by atoms with Gasteiger partial charge in [-0.2, -0.15) is 11.8 Å². The van der Waals surface area contributed by atoms with Crippen LogP contribution < -0.4 is 5.73 Å². The lowest BCUT2D eigenvalue weighted by molar-refractivity contribution is 0.265. The van der Waals surface area contributed by atoms with Crippen molar-refractivity contribution in [2.75, 3.05) is 18.1 Å². The van der Waals surface area contributed by atoms with Crippen LogP contribution in [0.3, 0.4) is 0 Å². The first-order valence-corrected chi connectivity index (χ1v) is 5.76. The molecular formula is C9H19NS. The molecule has 1 unspecified atom stereocenters. The molecule has 0 saturated carbocycles. The Morgan fingerprint density at radius 2 is 2.36 bits per heavy atom. The third-order valence-corrected chi connectivity index (χ3v) is 4.22. The molecule has 66 valence electrons. The second-order valence-electron chi connectivity index (χ2n) is 3.55. The second-order valence-corrected chi connectivity index (χ2v) is 4.65. The van der Waals surface area contributed by atoms with Crippen LogP contribution in [0.1, 0.15) is 32.6 Å². The number of hydrogen-bond acceptors (Lipinski definition) is 2. The molecule has 2 heteroatoms. The Labute approximate surface area is 74.1 Å². The van der Waals surface area contributed by atoms with Gasteiger partial charge in [-0.3, -0.25) is 0 Å². The molecule has 0 spiro atoms. The predicted octanol–water partition coefficient (Wildman–Crippen LogP) is 2.26. The molecule has 1 nitrogen and oxygen atoms in total. The van der Waals surface area contributed by atoms with Gasteiger partial charge in [0.25, 0.3) is 0 Å². The molecule has 1 saturated heterocycles. The molecule has 11 heavy (non-hydrogen) atoms. The van der Waals surface area contributed by atoms with Crippen LogP contribution >= 0.6 is 11.8 Å². The minimum Gasteiger partial charge on any atom is -0.330 e. The van der Waals surface area contributed by atoms with E-state index in [-0.39, 0.29) is 0 Å². The summed E-state index contributed by atoms with van der Waals surface area (Å²) in [6.07, 6.45) is 5.36. The van der Waals surface area contributed by atoms with Gasteiger partial charge in [-0.15, -0.1) is 0 Å². The molecule has 1 aliphatic rings. The second kappa shape index (κ2) is 4.36. The van der Waals surface area contributed by atoms with Crippen molar-refractivity contribution in [3.05, 3.63) is 0 Å². The van der Waals surface area contributed by atoms with Crippen molar-refractivity contribution in [3.8, 4) is 0 Å². The monoisotopic (exact) mass is 173 g/mol. The lowest BCUT2D eigenvalue weighted by Crippen LogP contribution is -2.29. The highest BCUT2D eigenvalue weighted by Gasteiger charge is 2.29. The number of thioether (sulfide) groups is 1. The van der Waals surface area contributed by atoms with E-state index in [1.54, 1.807) is 0 Å². The highest BCUT2D eigenvalue weighted by Crippen LogP contribution is 2.39.